The summed E-state index contributed by atoms with van der Waals surface area (Å²) in [6, 6.07) is 25.3. The number of fused-ring (bicyclic) bond motifs is 2. The van der Waals surface area contributed by atoms with E-state index in [0.717, 1.165) is 32.9 Å². The Morgan fingerprint density at radius 2 is 1.40 bits per heavy atom. The first-order chi connectivity index (χ1) is 14.5. The van der Waals surface area contributed by atoms with Crippen LogP contribution in [-0.4, -0.2) is 35.6 Å². The van der Waals surface area contributed by atoms with E-state index in [2.05, 4.69) is 28.2 Å². The minimum Gasteiger partial charge on any atom is -0.383 e. The van der Waals surface area contributed by atoms with Crippen molar-refractivity contribution in [2.24, 2.45) is 0 Å². The minimum atomic E-state index is -3.63. The number of nitrogens with one attached hydrogen (secondary N) is 2. The van der Waals surface area contributed by atoms with Crippen LogP contribution < -0.4 is 14.9 Å². The highest BCUT2D eigenvalue weighted by Gasteiger charge is 2.18. The standard InChI is InChI=1S/C24H25N3O2S/c1-27(2)23-14-6-12-21-20(23)11-7-15-24(21)30(28,29)26-17-16-25-22-13-5-9-18-8-3-4-10-19(18)22/h3-15,25-26H,16-17H2,1-2H3. The molecule has 0 bridgehead atoms. The Hall–Kier alpha value is -3.09. The molecule has 6 heteroatoms. The van der Waals surface area contributed by atoms with Crippen molar-refractivity contribution >= 4 is 42.9 Å². The van der Waals surface area contributed by atoms with Crippen molar-refractivity contribution in [3.63, 3.8) is 0 Å². The molecule has 0 aliphatic heterocycles. The second-order valence-corrected chi connectivity index (χ2v) is 9.11. The molecule has 0 spiro atoms. The molecule has 154 valence electrons. The summed E-state index contributed by atoms with van der Waals surface area (Å²) in [7, 11) is 0.268. The fraction of sp³-hybridized carbons (Fsp3) is 0.167. The van der Waals surface area contributed by atoms with Gasteiger partial charge in [-0.3, -0.25) is 0 Å². The van der Waals surface area contributed by atoms with Gasteiger partial charge in [0.25, 0.3) is 0 Å². The first kappa shape index (κ1) is 20.2. The molecule has 2 N–H and O–H groups in total. The lowest BCUT2D eigenvalue weighted by Gasteiger charge is -2.17. The van der Waals surface area contributed by atoms with Gasteiger partial charge in [-0.1, -0.05) is 60.7 Å². The number of hydrogen-bond donors (Lipinski definition) is 2. The Balaban J connectivity index is 1.51. The van der Waals surface area contributed by atoms with Crippen molar-refractivity contribution < 1.29 is 8.42 Å². The van der Waals surface area contributed by atoms with E-state index in [1.165, 1.54) is 0 Å². The molecule has 0 heterocycles. The van der Waals surface area contributed by atoms with Crippen molar-refractivity contribution in [1.82, 2.24) is 4.72 Å². The van der Waals surface area contributed by atoms with Gasteiger partial charge in [-0.25, -0.2) is 13.1 Å². The molecule has 4 aromatic rings. The van der Waals surface area contributed by atoms with Gasteiger partial charge in [-0.05, 0) is 23.6 Å². The van der Waals surface area contributed by atoms with Crippen LogP contribution in [0.15, 0.2) is 83.8 Å². The Kier molecular flexibility index (Phi) is 5.61. The second kappa shape index (κ2) is 8.34. The number of rotatable bonds is 7. The fourth-order valence-electron chi connectivity index (χ4n) is 3.73. The molecule has 0 aliphatic carbocycles. The molecule has 4 rings (SSSR count). The van der Waals surface area contributed by atoms with E-state index in [-0.39, 0.29) is 6.54 Å². The summed E-state index contributed by atoms with van der Waals surface area (Å²) >= 11 is 0. The van der Waals surface area contributed by atoms with Crippen molar-refractivity contribution in [3.8, 4) is 0 Å². The molecule has 0 aromatic heterocycles. The molecule has 0 radical (unpaired) electrons. The lowest BCUT2D eigenvalue weighted by Crippen LogP contribution is -2.29. The van der Waals surface area contributed by atoms with Gasteiger partial charge in [0.15, 0.2) is 0 Å². The maximum atomic E-state index is 13.0. The Bertz CT molecular complexity index is 1300. The topological polar surface area (TPSA) is 61.4 Å². The zero-order valence-corrected chi connectivity index (χ0v) is 17.9. The molecule has 0 aliphatic rings. The SMILES string of the molecule is CN(C)c1cccc2c(S(=O)(=O)NCCNc3cccc4ccccc34)cccc12. The molecule has 0 saturated heterocycles. The first-order valence-electron chi connectivity index (χ1n) is 9.88. The van der Waals surface area contributed by atoms with Gasteiger partial charge >= 0.3 is 0 Å². The Morgan fingerprint density at radius 3 is 2.23 bits per heavy atom. The molecule has 0 fully saturated rings. The minimum absolute atomic E-state index is 0.287. The number of benzene rings is 4. The third-order valence-electron chi connectivity index (χ3n) is 5.15. The molecule has 0 saturated carbocycles. The zero-order valence-electron chi connectivity index (χ0n) is 17.1. The average Bonchev–Trinajstić information content (AvgIpc) is 2.75. The molecular formula is C24H25N3O2S. The van der Waals surface area contributed by atoms with E-state index in [0.29, 0.717) is 11.4 Å². The van der Waals surface area contributed by atoms with Crippen LogP contribution in [0.4, 0.5) is 11.4 Å². The van der Waals surface area contributed by atoms with E-state index in [4.69, 9.17) is 0 Å². The van der Waals surface area contributed by atoms with Crippen molar-refractivity contribution in [2.45, 2.75) is 4.90 Å². The van der Waals surface area contributed by atoms with Gasteiger partial charge in [-0.2, -0.15) is 0 Å². The van der Waals surface area contributed by atoms with Crippen molar-refractivity contribution in [3.05, 3.63) is 78.9 Å². The summed E-state index contributed by atoms with van der Waals surface area (Å²) in [6.45, 7) is 0.774. The number of hydrogen-bond acceptors (Lipinski definition) is 4. The van der Waals surface area contributed by atoms with Crippen LogP contribution in [0.1, 0.15) is 0 Å². The fourth-order valence-corrected chi connectivity index (χ4v) is 4.98. The van der Waals surface area contributed by atoms with Gasteiger partial charge in [-0.15, -0.1) is 0 Å². The van der Waals surface area contributed by atoms with E-state index in [9.17, 15) is 8.42 Å². The highest BCUT2D eigenvalue weighted by Crippen LogP contribution is 2.30. The zero-order chi connectivity index (χ0) is 21.1. The van der Waals surface area contributed by atoms with Crippen LogP contribution in [0.5, 0.6) is 0 Å². The number of sulfonamides is 1. The maximum Gasteiger partial charge on any atom is 0.241 e. The maximum absolute atomic E-state index is 13.0. The average molecular weight is 420 g/mol. The van der Waals surface area contributed by atoms with Crippen LogP contribution in [0.25, 0.3) is 21.5 Å². The Labute approximate surface area is 177 Å². The number of anilines is 2. The third-order valence-corrected chi connectivity index (χ3v) is 6.67. The van der Waals surface area contributed by atoms with Crippen LogP contribution in [0.3, 0.4) is 0 Å². The lowest BCUT2D eigenvalue weighted by atomic mass is 10.1. The molecule has 0 atom stereocenters. The van der Waals surface area contributed by atoms with Crippen LogP contribution >= 0.6 is 0 Å². The van der Waals surface area contributed by atoms with Crippen LogP contribution in [-0.2, 0) is 10.0 Å². The molecule has 5 nitrogen and oxygen atoms in total. The van der Waals surface area contributed by atoms with Gasteiger partial charge in [0.2, 0.25) is 10.0 Å². The van der Waals surface area contributed by atoms with Crippen molar-refractivity contribution in [2.75, 3.05) is 37.4 Å². The number of nitrogens with zero attached hydrogens (tertiary/aromatic N) is 1. The summed E-state index contributed by atoms with van der Waals surface area (Å²) in [5, 5.41) is 7.24. The van der Waals surface area contributed by atoms with E-state index in [1.54, 1.807) is 12.1 Å². The monoisotopic (exact) mass is 419 g/mol. The molecular weight excluding hydrogens is 394 g/mol. The van der Waals surface area contributed by atoms with Crippen LogP contribution in [0, 0.1) is 0 Å². The van der Waals surface area contributed by atoms with E-state index in [1.807, 2.05) is 67.5 Å². The first-order valence-corrected chi connectivity index (χ1v) is 11.4. The van der Waals surface area contributed by atoms with E-state index < -0.39 is 10.0 Å². The highest BCUT2D eigenvalue weighted by molar-refractivity contribution is 7.89. The summed E-state index contributed by atoms with van der Waals surface area (Å²) in [4.78, 5) is 2.29. The van der Waals surface area contributed by atoms with Crippen LogP contribution in [0.2, 0.25) is 0 Å². The summed E-state index contributed by atoms with van der Waals surface area (Å²) in [5.74, 6) is 0. The van der Waals surface area contributed by atoms with Gasteiger partial charge < -0.3 is 10.2 Å². The van der Waals surface area contributed by atoms with Gasteiger partial charge in [0.05, 0.1) is 4.90 Å². The summed E-state index contributed by atoms with van der Waals surface area (Å²) in [6.07, 6.45) is 0. The molecule has 0 amide bonds. The molecule has 4 aromatic carbocycles. The highest BCUT2D eigenvalue weighted by atomic mass is 32.2. The summed E-state index contributed by atoms with van der Waals surface area (Å²) in [5.41, 5.74) is 1.98. The quantitative estimate of drug-likeness (QED) is 0.435. The largest absolute Gasteiger partial charge is 0.383 e. The van der Waals surface area contributed by atoms with E-state index >= 15 is 0 Å². The lowest BCUT2D eigenvalue weighted by molar-refractivity contribution is 0.584. The Morgan fingerprint density at radius 1 is 0.733 bits per heavy atom. The third kappa shape index (κ3) is 3.97. The second-order valence-electron chi connectivity index (χ2n) is 7.37. The van der Waals surface area contributed by atoms with Crippen molar-refractivity contribution in [1.29, 1.82) is 0 Å². The van der Waals surface area contributed by atoms with Gasteiger partial charge in [0.1, 0.15) is 0 Å². The predicted molar refractivity (Wildman–Crippen MR) is 126 cm³/mol. The predicted octanol–water partition coefficient (Wildman–Crippen LogP) is 4.45. The van der Waals surface area contributed by atoms with Gasteiger partial charge in [0, 0.05) is 54.7 Å². The summed E-state index contributed by atoms with van der Waals surface area (Å²) < 4.78 is 28.7. The normalized spacial score (nSPS) is 11.7. The molecule has 30 heavy (non-hydrogen) atoms. The molecule has 0 unspecified atom stereocenters. The smallest absolute Gasteiger partial charge is 0.241 e.